The number of halogens is 1. The molecule has 0 aromatic heterocycles. The Morgan fingerprint density at radius 3 is 2.52 bits per heavy atom. The van der Waals surface area contributed by atoms with E-state index >= 15 is 0 Å². The smallest absolute Gasteiger partial charge is 0.216 e. The average Bonchev–Trinajstić information content (AvgIpc) is 2.84. The molecule has 130 valence electrons. The Hall–Kier alpha value is -1.02. The van der Waals surface area contributed by atoms with Crippen LogP contribution >= 0.6 is 0 Å². The van der Waals surface area contributed by atoms with Crippen molar-refractivity contribution in [3.05, 3.63) is 35.6 Å². The SMILES string of the molecule is CC(C)S(=O)(=O)N1CCC(O)(CN(C)Cc2ccc(F)cc2)C1. The second kappa shape index (κ2) is 6.84. The first kappa shape index (κ1) is 18.3. The molecule has 5 nitrogen and oxygen atoms in total. The molecular formula is C16H25FN2O3S. The van der Waals surface area contributed by atoms with Crippen LogP contribution in [0.4, 0.5) is 4.39 Å². The molecule has 1 fully saturated rings. The molecule has 0 radical (unpaired) electrons. The zero-order chi connectivity index (χ0) is 17.3. The summed E-state index contributed by atoms with van der Waals surface area (Å²) in [5, 5.41) is 10.2. The Morgan fingerprint density at radius 1 is 1.35 bits per heavy atom. The minimum absolute atomic E-state index is 0.126. The summed E-state index contributed by atoms with van der Waals surface area (Å²) in [4.78, 5) is 1.93. The van der Waals surface area contributed by atoms with Gasteiger partial charge in [-0.2, -0.15) is 4.31 Å². The lowest BCUT2D eigenvalue weighted by Gasteiger charge is -2.29. The first-order chi connectivity index (χ1) is 10.6. The molecule has 23 heavy (non-hydrogen) atoms. The van der Waals surface area contributed by atoms with Crippen molar-refractivity contribution in [3.63, 3.8) is 0 Å². The van der Waals surface area contributed by atoms with E-state index in [-0.39, 0.29) is 12.4 Å². The number of hydrogen-bond acceptors (Lipinski definition) is 4. The summed E-state index contributed by atoms with van der Waals surface area (Å²) in [6.45, 7) is 4.71. The fourth-order valence-corrected chi connectivity index (χ4v) is 4.29. The number of hydrogen-bond donors (Lipinski definition) is 1. The van der Waals surface area contributed by atoms with Crippen molar-refractivity contribution < 1.29 is 17.9 Å². The first-order valence-corrected chi connectivity index (χ1v) is 9.27. The number of nitrogens with zero attached hydrogens (tertiary/aromatic N) is 2. The summed E-state index contributed by atoms with van der Waals surface area (Å²) in [6, 6.07) is 6.23. The van der Waals surface area contributed by atoms with Gasteiger partial charge in [0, 0.05) is 26.2 Å². The largest absolute Gasteiger partial charge is 0.387 e. The molecule has 0 saturated carbocycles. The lowest BCUT2D eigenvalue weighted by Crippen LogP contribution is -2.45. The van der Waals surface area contributed by atoms with Gasteiger partial charge in [-0.05, 0) is 45.0 Å². The van der Waals surface area contributed by atoms with Crippen LogP contribution in [0, 0.1) is 5.82 Å². The molecule has 7 heteroatoms. The standard InChI is InChI=1S/C16H25FN2O3S/c1-13(2)23(21,22)19-9-8-16(20,12-19)11-18(3)10-14-4-6-15(17)7-5-14/h4-7,13,20H,8-12H2,1-3H3. The molecule has 1 aliphatic rings. The van der Waals surface area contributed by atoms with Crippen LogP contribution in [0.25, 0.3) is 0 Å². The predicted octanol–water partition coefficient (Wildman–Crippen LogP) is 1.43. The molecule has 0 spiro atoms. The zero-order valence-electron chi connectivity index (χ0n) is 13.9. The van der Waals surface area contributed by atoms with Gasteiger partial charge in [0.1, 0.15) is 5.82 Å². The molecule has 2 rings (SSSR count). The van der Waals surface area contributed by atoms with Crippen LogP contribution in [0.15, 0.2) is 24.3 Å². The summed E-state index contributed by atoms with van der Waals surface area (Å²) in [5.41, 5.74) is -0.0985. The summed E-state index contributed by atoms with van der Waals surface area (Å²) >= 11 is 0. The van der Waals surface area contributed by atoms with Crippen molar-refractivity contribution in [3.8, 4) is 0 Å². The summed E-state index contributed by atoms with van der Waals surface area (Å²) in [5.74, 6) is -0.277. The van der Waals surface area contributed by atoms with Crippen LogP contribution in [-0.4, -0.2) is 60.3 Å². The number of β-amino-alcohol motifs (C(OH)–C–C–N with tert-alkyl or cyclic N) is 1. The monoisotopic (exact) mass is 344 g/mol. The Kier molecular flexibility index (Phi) is 5.45. The summed E-state index contributed by atoms with van der Waals surface area (Å²) in [7, 11) is -1.47. The Labute approximate surface area is 137 Å². The number of rotatable bonds is 6. The third-order valence-corrected chi connectivity index (χ3v) is 6.41. The highest BCUT2D eigenvalue weighted by atomic mass is 32.2. The van der Waals surface area contributed by atoms with Crippen LogP contribution in [0.5, 0.6) is 0 Å². The van der Waals surface area contributed by atoms with Crippen molar-refractivity contribution in [2.75, 3.05) is 26.7 Å². The van der Waals surface area contributed by atoms with Crippen molar-refractivity contribution >= 4 is 10.0 Å². The molecule has 1 heterocycles. The maximum Gasteiger partial charge on any atom is 0.216 e. The summed E-state index contributed by atoms with van der Waals surface area (Å²) in [6.07, 6.45) is 0.423. The third kappa shape index (κ3) is 4.50. The highest BCUT2D eigenvalue weighted by Gasteiger charge is 2.42. The molecule has 0 bridgehead atoms. The number of likely N-dealkylation sites (N-methyl/N-ethyl adjacent to an activating group) is 1. The van der Waals surface area contributed by atoms with Gasteiger partial charge in [-0.3, -0.25) is 4.90 Å². The summed E-state index contributed by atoms with van der Waals surface area (Å²) < 4.78 is 38.7. The van der Waals surface area contributed by atoms with Crippen molar-refractivity contribution in [1.29, 1.82) is 0 Å². The molecule has 1 unspecified atom stereocenters. The molecule has 0 aliphatic carbocycles. The van der Waals surface area contributed by atoms with Gasteiger partial charge in [-0.25, -0.2) is 12.8 Å². The molecule has 1 N–H and O–H groups in total. The normalized spacial score (nSPS) is 23.1. The van der Waals surface area contributed by atoms with E-state index in [1.807, 2.05) is 11.9 Å². The van der Waals surface area contributed by atoms with Crippen LogP contribution in [0.1, 0.15) is 25.8 Å². The van der Waals surface area contributed by atoms with Crippen molar-refractivity contribution in [1.82, 2.24) is 9.21 Å². The Balaban J connectivity index is 1.96. The maximum atomic E-state index is 12.9. The van der Waals surface area contributed by atoms with Gasteiger partial charge in [0.25, 0.3) is 0 Å². The van der Waals surface area contributed by atoms with E-state index in [4.69, 9.17) is 0 Å². The van der Waals surface area contributed by atoms with Crippen molar-refractivity contribution in [2.45, 2.75) is 37.7 Å². The van der Waals surface area contributed by atoms with Gasteiger partial charge in [-0.15, -0.1) is 0 Å². The predicted molar refractivity (Wildman–Crippen MR) is 87.9 cm³/mol. The highest BCUT2D eigenvalue weighted by molar-refractivity contribution is 7.89. The molecule has 1 aliphatic heterocycles. The van der Waals surface area contributed by atoms with Crippen LogP contribution in [0.3, 0.4) is 0 Å². The molecule has 1 aromatic rings. The number of benzene rings is 1. The average molecular weight is 344 g/mol. The molecule has 1 aromatic carbocycles. The highest BCUT2D eigenvalue weighted by Crippen LogP contribution is 2.26. The number of sulfonamides is 1. The second-order valence-corrected chi connectivity index (χ2v) is 9.19. The molecular weight excluding hydrogens is 319 g/mol. The van der Waals surface area contributed by atoms with Gasteiger partial charge >= 0.3 is 0 Å². The fourth-order valence-electron chi connectivity index (χ4n) is 2.92. The zero-order valence-corrected chi connectivity index (χ0v) is 14.7. The topological polar surface area (TPSA) is 60.9 Å². The Bertz CT molecular complexity index is 633. The van der Waals surface area contributed by atoms with E-state index in [1.165, 1.54) is 16.4 Å². The van der Waals surface area contributed by atoms with E-state index in [0.29, 0.717) is 26.1 Å². The van der Waals surface area contributed by atoms with Gasteiger partial charge in [0.2, 0.25) is 10.0 Å². The van der Waals surface area contributed by atoms with E-state index in [2.05, 4.69) is 0 Å². The van der Waals surface area contributed by atoms with Gasteiger partial charge in [0.05, 0.1) is 10.9 Å². The molecule has 0 amide bonds. The minimum Gasteiger partial charge on any atom is -0.387 e. The number of aliphatic hydroxyl groups is 1. The van der Waals surface area contributed by atoms with E-state index in [1.54, 1.807) is 26.0 Å². The first-order valence-electron chi connectivity index (χ1n) is 7.77. The lowest BCUT2D eigenvalue weighted by atomic mass is 10.0. The maximum absolute atomic E-state index is 12.9. The quantitative estimate of drug-likeness (QED) is 0.848. The second-order valence-electron chi connectivity index (χ2n) is 6.70. The van der Waals surface area contributed by atoms with Gasteiger partial charge in [0.15, 0.2) is 0 Å². The Morgan fingerprint density at radius 2 is 1.96 bits per heavy atom. The third-order valence-electron chi connectivity index (χ3n) is 4.18. The van der Waals surface area contributed by atoms with E-state index in [0.717, 1.165) is 5.56 Å². The van der Waals surface area contributed by atoms with Gasteiger partial charge < -0.3 is 5.11 Å². The van der Waals surface area contributed by atoms with Gasteiger partial charge in [-0.1, -0.05) is 12.1 Å². The van der Waals surface area contributed by atoms with E-state index in [9.17, 15) is 17.9 Å². The van der Waals surface area contributed by atoms with Crippen molar-refractivity contribution in [2.24, 2.45) is 0 Å². The van der Waals surface area contributed by atoms with Crippen LogP contribution in [0.2, 0.25) is 0 Å². The lowest BCUT2D eigenvalue weighted by molar-refractivity contribution is 0.0219. The van der Waals surface area contributed by atoms with Crippen LogP contribution in [-0.2, 0) is 16.6 Å². The van der Waals surface area contributed by atoms with Crippen LogP contribution < -0.4 is 0 Å². The minimum atomic E-state index is -3.33. The molecule has 1 saturated heterocycles. The van der Waals surface area contributed by atoms with E-state index < -0.39 is 20.9 Å². The fraction of sp³-hybridized carbons (Fsp3) is 0.625. The molecule has 1 atom stereocenters.